The number of thiophene rings is 2. The molecule has 0 saturated carbocycles. The molecule has 3 aromatic carbocycles. The number of thioether (sulfide) groups is 1. The van der Waals surface area contributed by atoms with Crippen molar-refractivity contribution in [2.24, 2.45) is 9.98 Å². The number of rotatable bonds is 27. The van der Waals surface area contributed by atoms with Gasteiger partial charge in [0.2, 0.25) is 29.5 Å². The topological polar surface area (TPSA) is 256 Å². The molecule has 8 aromatic rings. The van der Waals surface area contributed by atoms with Gasteiger partial charge in [0.1, 0.15) is 45.8 Å². The van der Waals surface area contributed by atoms with Gasteiger partial charge in [-0.15, -0.1) is 54.4 Å². The molecule has 5 atom stereocenters. The van der Waals surface area contributed by atoms with Crippen molar-refractivity contribution >= 4 is 110 Å². The van der Waals surface area contributed by atoms with Crippen LogP contribution in [0.3, 0.4) is 0 Å². The van der Waals surface area contributed by atoms with Crippen LogP contribution in [0.2, 0.25) is 10.0 Å². The number of carbonyl (C=O) groups is 5. The predicted molar refractivity (Wildman–Crippen MR) is 387 cm³/mol. The summed E-state index contributed by atoms with van der Waals surface area (Å²) in [5, 5.41) is 44.5. The average molecular weight is 1430 g/mol. The van der Waals surface area contributed by atoms with Gasteiger partial charge in [-0.2, -0.15) is 11.8 Å². The highest BCUT2D eigenvalue weighted by atomic mass is 35.5. The van der Waals surface area contributed by atoms with Crippen molar-refractivity contribution in [1.29, 1.82) is 0 Å². The second-order valence-electron chi connectivity index (χ2n) is 25.7. The zero-order chi connectivity index (χ0) is 68.8. The number of aliphatic imine (C=N–C) groups is 2. The Balaban J connectivity index is 0.687. The Morgan fingerprint density at radius 2 is 1.14 bits per heavy atom. The number of unbranched alkanes of at least 4 members (excludes halogenated alkanes) is 5. The van der Waals surface area contributed by atoms with Gasteiger partial charge in [0.05, 0.1) is 46.5 Å². The fraction of sp³-hybridized carbons (Fsp3) is 0.437. The summed E-state index contributed by atoms with van der Waals surface area (Å²) in [7, 11) is 0. The number of amides is 5. The van der Waals surface area contributed by atoms with Gasteiger partial charge in [-0.05, 0) is 140 Å². The van der Waals surface area contributed by atoms with E-state index in [4.69, 9.17) is 33.2 Å². The van der Waals surface area contributed by atoms with E-state index < -0.39 is 40.9 Å². The van der Waals surface area contributed by atoms with Gasteiger partial charge in [0.15, 0.2) is 11.6 Å². The Hall–Kier alpha value is -7.45. The minimum Gasteiger partial charge on any atom is -0.391 e. The summed E-state index contributed by atoms with van der Waals surface area (Å²) in [5.41, 5.74) is 12.2. The molecule has 0 radical (unpaired) electrons. The average Bonchev–Trinajstić information content (AvgIpc) is 1.60. The minimum atomic E-state index is -1.04. The smallest absolute Gasteiger partial charge is 0.247 e. The first kappa shape index (κ1) is 70.9. The zero-order valence-corrected chi connectivity index (χ0v) is 60.8. The molecule has 3 aliphatic rings. The Morgan fingerprint density at radius 3 is 1.66 bits per heavy atom. The van der Waals surface area contributed by atoms with Crippen LogP contribution in [0.1, 0.15) is 174 Å². The molecule has 11 rings (SSSR count). The molecule has 8 heterocycles. The molecular weight excluding hydrogens is 1340 g/mol. The lowest BCUT2D eigenvalue weighted by Gasteiger charge is -2.37. The number of hydrogen-bond acceptors (Lipinski definition) is 17. The Bertz CT molecular complexity index is 4270. The van der Waals surface area contributed by atoms with E-state index in [-0.39, 0.29) is 62.4 Å². The number of β-amino-alcohol motifs (C(OH)–C–C–N with tert-alkyl or cyclic N) is 1. The number of aromatic nitrogens is 7. The minimum absolute atomic E-state index is 0.0438. The van der Waals surface area contributed by atoms with Crippen LogP contribution in [-0.2, 0) is 30.5 Å². The van der Waals surface area contributed by atoms with Gasteiger partial charge in [-0.1, -0.05) is 91.0 Å². The van der Waals surface area contributed by atoms with E-state index in [0.29, 0.717) is 65.6 Å². The van der Waals surface area contributed by atoms with Gasteiger partial charge in [0.25, 0.3) is 0 Å². The van der Waals surface area contributed by atoms with Crippen LogP contribution in [-0.4, -0.2) is 134 Å². The quantitative estimate of drug-likeness (QED) is 0.0301. The lowest BCUT2D eigenvalue weighted by atomic mass is 9.99. The second-order valence-corrected chi connectivity index (χ2v) is 31.6. The predicted octanol–water partition coefficient (Wildman–Crippen LogP) is 12.5. The number of aliphatic hydroxyl groups excluding tert-OH is 1. The van der Waals surface area contributed by atoms with Gasteiger partial charge < -0.3 is 31.3 Å². The molecule has 5 N–H and O–H groups in total. The van der Waals surface area contributed by atoms with E-state index in [9.17, 15) is 24.3 Å². The van der Waals surface area contributed by atoms with Crippen molar-refractivity contribution in [1.82, 2.24) is 60.7 Å². The summed E-state index contributed by atoms with van der Waals surface area (Å²) >= 11 is 19.1. The van der Waals surface area contributed by atoms with Crippen LogP contribution in [0, 0.1) is 48.5 Å². The highest BCUT2D eigenvalue weighted by Gasteiger charge is 2.46. The molecule has 3 aliphatic heterocycles. The molecule has 0 aliphatic carbocycles. The molecule has 0 unspecified atom stereocenters. The standard InChI is InChI=1S/C71H82Cl2N14O6S4/c1-39-42(4)96-69-59(39)61(47-22-26-50(72)27-23-47)78-53(65-83-81-44(6)86(65)69)34-57(90)74-30-14-10-11-16-32-95-71(8,9)64(68(93)85-37-52(88)33-55(85)67(92)76-36-46-18-20-49(21-19-46)63-41(3)77-38-94-63)80-56(89)17-13-12-15-31-75-58(91)35-54-66-84-82-45(7)87(66)70-60(40(2)43(5)97-70)62(79-54)48-24-28-51(73)29-25-48/h18-29,38,52-55,64,88H,10-17,30-37H2,1-9H3,(H,74,90)(H,75,91)(H,76,92)(H,80,89)/t52-,53+,54+,55+,64-/m1/s1. The molecule has 0 bridgehead atoms. The van der Waals surface area contributed by atoms with Crippen molar-refractivity contribution in [3.8, 4) is 20.4 Å². The first-order chi connectivity index (χ1) is 46.5. The van der Waals surface area contributed by atoms with Gasteiger partial charge in [0, 0.05) is 85.8 Å². The number of nitrogens with one attached hydrogen (secondary N) is 4. The van der Waals surface area contributed by atoms with Crippen LogP contribution in [0.25, 0.3) is 20.4 Å². The van der Waals surface area contributed by atoms with Crippen molar-refractivity contribution < 1.29 is 29.1 Å². The van der Waals surface area contributed by atoms with Gasteiger partial charge >= 0.3 is 0 Å². The Labute approximate surface area is 592 Å². The summed E-state index contributed by atoms with van der Waals surface area (Å²) in [6.07, 6.45) is 4.35. The van der Waals surface area contributed by atoms with E-state index in [1.54, 1.807) is 45.8 Å². The van der Waals surface area contributed by atoms with Crippen LogP contribution >= 0.6 is 69.0 Å². The molecule has 5 aromatic heterocycles. The van der Waals surface area contributed by atoms with Crippen LogP contribution in [0.4, 0.5) is 0 Å². The largest absolute Gasteiger partial charge is 0.391 e. The monoisotopic (exact) mass is 1420 g/mol. The maximum absolute atomic E-state index is 15.0. The lowest BCUT2D eigenvalue weighted by Crippen LogP contribution is -2.59. The highest BCUT2D eigenvalue weighted by Crippen LogP contribution is 2.42. The lowest BCUT2D eigenvalue weighted by molar-refractivity contribution is -0.142. The van der Waals surface area contributed by atoms with Crippen molar-refractivity contribution in [2.75, 3.05) is 25.4 Å². The third kappa shape index (κ3) is 16.2. The van der Waals surface area contributed by atoms with E-state index in [1.165, 1.54) is 4.90 Å². The number of carbonyl (C=O) groups excluding carboxylic acids is 5. The fourth-order valence-corrected chi connectivity index (χ4v) is 17.4. The number of hydrogen-bond donors (Lipinski definition) is 5. The number of likely N-dealkylation sites (tertiary alicyclic amines) is 1. The molecule has 20 nitrogen and oxygen atoms in total. The summed E-state index contributed by atoms with van der Waals surface area (Å²) in [4.78, 5) is 90.4. The van der Waals surface area contributed by atoms with Crippen molar-refractivity contribution in [3.05, 3.63) is 166 Å². The fourth-order valence-electron chi connectivity index (χ4n) is 12.7. The normalized spacial score (nSPS) is 16.8. The molecule has 510 valence electrons. The van der Waals surface area contributed by atoms with E-state index in [2.05, 4.69) is 74.3 Å². The first-order valence-corrected chi connectivity index (χ1v) is 37.3. The third-order valence-corrected chi connectivity index (χ3v) is 23.6. The molecule has 1 fully saturated rings. The molecule has 5 amide bonds. The van der Waals surface area contributed by atoms with Gasteiger partial charge in [-0.25, -0.2) is 4.98 Å². The van der Waals surface area contributed by atoms with Crippen LogP contribution in [0.5, 0.6) is 0 Å². The maximum Gasteiger partial charge on any atom is 0.247 e. The van der Waals surface area contributed by atoms with Crippen molar-refractivity contribution in [2.45, 2.75) is 175 Å². The van der Waals surface area contributed by atoms with Gasteiger partial charge in [-0.3, -0.25) is 43.1 Å². The number of aryl methyl sites for hydroxylation is 5. The molecule has 26 heteroatoms. The zero-order valence-electron chi connectivity index (χ0n) is 56.1. The molecule has 97 heavy (non-hydrogen) atoms. The summed E-state index contributed by atoms with van der Waals surface area (Å²) in [5.74, 6) is 1.83. The Kier molecular flexibility index (Phi) is 22.8. The first-order valence-electron chi connectivity index (χ1n) is 33.0. The van der Waals surface area contributed by atoms with E-state index >= 15 is 4.79 Å². The van der Waals surface area contributed by atoms with Crippen LogP contribution in [0.15, 0.2) is 88.3 Å². The number of nitrogens with zero attached hydrogens (tertiary/aromatic N) is 10. The number of fused-ring (bicyclic) bond motifs is 6. The van der Waals surface area contributed by atoms with E-state index in [1.807, 2.05) is 122 Å². The molecule has 1 saturated heterocycles. The van der Waals surface area contributed by atoms with E-state index in [0.717, 1.165) is 118 Å². The third-order valence-electron chi connectivity index (χ3n) is 18.3. The molecule has 0 spiro atoms. The number of benzene rings is 3. The maximum atomic E-state index is 15.0. The Morgan fingerprint density at radius 1 is 0.639 bits per heavy atom. The SMILES string of the molecule is Cc1ncsc1-c1ccc(CNC(=O)[C@@H]2C[C@@H](O)CN2C(=O)[C@@H](NC(=O)CCCCCNC(=O)C[C@@H]2N=C(c3ccc(Cl)cc3)c3c(sc(C)c3C)-n3c(C)nnc32)C(C)(C)SCCCCCCNC(=O)C[C@@H]2N=C(c3ccc(Cl)cc3)c3c(sc(C)c3C)-n3c(C)nnc32)cc1. The van der Waals surface area contributed by atoms with Crippen LogP contribution < -0.4 is 21.3 Å². The number of aliphatic hydroxyl groups is 1. The second kappa shape index (κ2) is 31.2. The summed E-state index contributed by atoms with van der Waals surface area (Å²) in [6, 6.07) is 19.9. The molecular formula is C71H82Cl2N14O6S4. The summed E-state index contributed by atoms with van der Waals surface area (Å²) < 4.78 is 3.21. The number of halogens is 2. The summed E-state index contributed by atoms with van der Waals surface area (Å²) in [6.45, 7) is 19.0. The number of thiazole rings is 1. The van der Waals surface area contributed by atoms with Crippen molar-refractivity contribution in [3.63, 3.8) is 0 Å². The highest BCUT2D eigenvalue weighted by molar-refractivity contribution is 8.00.